The molecule has 1 aliphatic heterocycles. The van der Waals surface area contributed by atoms with E-state index < -0.39 is 41.7 Å². The summed E-state index contributed by atoms with van der Waals surface area (Å²) < 4.78 is 49.4. The van der Waals surface area contributed by atoms with Gasteiger partial charge < -0.3 is 14.4 Å². The molecule has 25 heavy (non-hydrogen) atoms. The minimum absolute atomic E-state index is 0.0525. The molecule has 2 rings (SSSR count). The Hall–Kier alpha value is -2.09. The average Bonchev–Trinajstić information content (AvgIpc) is 2.52. The van der Waals surface area contributed by atoms with Crippen molar-refractivity contribution in [2.75, 3.05) is 20.2 Å². The maximum atomic E-state index is 13.1. The number of hydrogen-bond acceptors (Lipinski definition) is 4. The second-order valence-corrected chi connectivity index (χ2v) is 6.50. The number of alkyl halides is 3. The van der Waals surface area contributed by atoms with Crippen molar-refractivity contribution in [2.45, 2.75) is 38.1 Å². The van der Waals surface area contributed by atoms with Crippen molar-refractivity contribution >= 4 is 11.9 Å². The van der Waals surface area contributed by atoms with Crippen LogP contribution in [0.15, 0.2) is 24.3 Å². The number of rotatable bonds is 3. The van der Waals surface area contributed by atoms with Gasteiger partial charge in [0.1, 0.15) is 0 Å². The van der Waals surface area contributed by atoms with Gasteiger partial charge in [0, 0.05) is 6.54 Å². The summed E-state index contributed by atoms with van der Waals surface area (Å²) in [5, 5.41) is 0. The van der Waals surface area contributed by atoms with Crippen LogP contribution in [-0.2, 0) is 31.7 Å². The number of halogens is 3. The molecule has 0 aliphatic carbocycles. The van der Waals surface area contributed by atoms with Crippen LogP contribution < -0.4 is 0 Å². The smallest absolute Gasteiger partial charge is 0.416 e. The number of amides is 1. The molecule has 0 aromatic heterocycles. The Morgan fingerprint density at radius 1 is 1.32 bits per heavy atom. The zero-order valence-electron chi connectivity index (χ0n) is 14.2. The van der Waals surface area contributed by atoms with Gasteiger partial charge >= 0.3 is 12.1 Å². The Balaban J connectivity index is 2.19. The van der Waals surface area contributed by atoms with E-state index in [1.165, 1.54) is 30.2 Å². The van der Waals surface area contributed by atoms with Crippen molar-refractivity contribution in [2.24, 2.45) is 0 Å². The summed E-state index contributed by atoms with van der Waals surface area (Å²) in [6.45, 7) is 3.52. The molecule has 0 saturated carbocycles. The topological polar surface area (TPSA) is 55.8 Å². The first kappa shape index (κ1) is 19.2. The molecule has 1 heterocycles. The summed E-state index contributed by atoms with van der Waals surface area (Å²) in [5.74, 6) is -1.12. The Kier molecular flexibility index (Phi) is 5.41. The molecule has 1 amide bonds. The maximum absolute atomic E-state index is 13.1. The van der Waals surface area contributed by atoms with Gasteiger partial charge in [0.2, 0.25) is 5.91 Å². The summed E-state index contributed by atoms with van der Waals surface area (Å²) in [6.07, 6.45) is -5.90. The lowest BCUT2D eigenvalue weighted by Gasteiger charge is -2.41. The van der Waals surface area contributed by atoms with E-state index in [9.17, 15) is 22.8 Å². The Morgan fingerprint density at radius 2 is 1.96 bits per heavy atom. The molecule has 0 bridgehead atoms. The molecule has 0 N–H and O–H groups in total. The highest BCUT2D eigenvalue weighted by molar-refractivity contribution is 5.81. The largest absolute Gasteiger partial charge is 0.467 e. The van der Waals surface area contributed by atoms with E-state index in [4.69, 9.17) is 4.74 Å². The summed E-state index contributed by atoms with van der Waals surface area (Å²) in [6, 6.07) is 4.97. The standard InChI is InChI=1S/C17H20F3NO4/c1-16(2)10-21(9-13(25-16)15(23)24-3)14(22)8-11-6-4-5-7-12(11)17(18,19)20/h4-7,13H,8-10H2,1-3H3. The van der Waals surface area contributed by atoms with Crippen LogP contribution in [0.5, 0.6) is 0 Å². The van der Waals surface area contributed by atoms with Crippen LogP contribution in [0.25, 0.3) is 0 Å². The average molecular weight is 359 g/mol. The van der Waals surface area contributed by atoms with Gasteiger partial charge in [0.25, 0.3) is 0 Å². The van der Waals surface area contributed by atoms with Crippen molar-refractivity contribution in [3.8, 4) is 0 Å². The van der Waals surface area contributed by atoms with Crippen LogP contribution in [0.3, 0.4) is 0 Å². The van der Waals surface area contributed by atoms with E-state index in [1.54, 1.807) is 13.8 Å². The fraction of sp³-hybridized carbons (Fsp3) is 0.529. The Morgan fingerprint density at radius 3 is 2.56 bits per heavy atom. The molecule has 0 spiro atoms. The van der Waals surface area contributed by atoms with Crippen molar-refractivity contribution in [1.29, 1.82) is 0 Å². The Bertz CT molecular complexity index is 658. The molecule has 1 aromatic rings. The number of ether oxygens (including phenoxy) is 2. The second kappa shape index (κ2) is 7.03. The third-order valence-electron chi connectivity index (χ3n) is 3.90. The third-order valence-corrected chi connectivity index (χ3v) is 3.90. The van der Waals surface area contributed by atoms with E-state index in [0.717, 1.165) is 6.07 Å². The van der Waals surface area contributed by atoms with Gasteiger partial charge in [0.15, 0.2) is 6.10 Å². The molecule has 1 atom stereocenters. The number of morpholine rings is 1. The van der Waals surface area contributed by atoms with Crippen molar-refractivity contribution in [1.82, 2.24) is 4.90 Å². The third kappa shape index (κ3) is 4.72. The van der Waals surface area contributed by atoms with Crippen LogP contribution in [0.1, 0.15) is 25.0 Å². The van der Waals surface area contributed by atoms with Crippen molar-refractivity contribution in [3.63, 3.8) is 0 Å². The van der Waals surface area contributed by atoms with Crippen molar-refractivity contribution in [3.05, 3.63) is 35.4 Å². The van der Waals surface area contributed by atoms with E-state index in [0.29, 0.717) is 0 Å². The predicted octanol–water partition coefficient (Wildman–Crippen LogP) is 2.43. The molecule has 8 heteroatoms. The highest BCUT2D eigenvalue weighted by atomic mass is 19.4. The van der Waals surface area contributed by atoms with E-state index >= 15 is 0 Å². The first-order valence-corrected chi connectivity index (χ1v) is 7.72. The van der Waals surface area contributed by atoms with E-state index in [2.05, 4.69) is 4.74 Å². The number of nitrogens with zero attached hydrogens (tertiary/aromatic N) is 1. The fourth-order valence-corrected chi connectivity index (χ4v) is 2.85. The highest BCUT2D eigenvalue weighted by Gasteiger charge is 2.40. The first-order valence-electron chi connectivity index (χ1n) is 7.72. The minimum atomic E-state index is -4.53. The number of carbonyl (C=O) groups is 2. The van der Waals surface area contributed by atoms with E-state index in [-0.39, 0.29) is 18.7 Å². The van der Waals surface area contributed by atoms with E-state index in [1.807, 2.05) is 0 Å². The molecule has 1 unspecified atom stereocenters. The number of methoxy groups -OCH3 is 1. The summed E-state index contributed by atoms with van der Waals surface area (Å²) in [5.41, 5.74) is -1.74. The van der Waals surface area contributed by atoms with Crippen LogP contribution in [0, 0.1) is 0 Å². The molecule has 5 nitrogen and oxygen atoms in total. The lowest BCUT2D eigenvalue weighted by Crippen LogP contribution is -2.57. The molecule has 0 radical (unpaired) electrons. The van der Waals surface area contributed by atoms with Crippen LogP contribution in [0.4, 0.5) is 13.2 Å². The van der Waals surface area contributed by atoms with Crippen molar-refractivity contribution < 1.29 is 32.2 Å². The zero-order chi connectivity index (χ0) is 18.8. The molecule has 1 aromatic carbocycles. The van der Waals surface area contributed by atoms with Gasteiger partial charge in [-0.3, -0.25) is 4.79 Å². The Labute approximate surface area is 143 Å². The van der Waals surface area contributed by atoms with Gasteiger partial charge in [-0.2, -0.15) is 13.2 Å². The number of esters is 1. The zero-order valence-corrected chi connectivity index (χ0v) is 14.2. The predicted molar refractivity (Wildman–Crippen MR) is 82.7 cm³/mol. The normalized spacial score (nSPS) is 20.2. The van der Waals surface area contributed by atoms with Gasteiger partial charge in [-0.25, -0.2) is 4.79 Å². The highest BCUT2D eigenvalue weighted by Crippen LogP contribution is 2.32. The van der Waals surface area contributed by atoms with Crippen LogP contribution in [0.2, 0.25) is 0 Å². The summed E-state index contributed by atoms with van der Waals surface area (Å²) in [7, 11) is 1.21. The van der Waals surface area contributed by atoms with Gasteiger partial charge in [-0.1, -0.05) is 18.2 Å². The first-order chi connectivity index (χ1) is 11.5. The molecule has 1 saturated heterocycles. The maximum Gasteiger partial charge on any atom is 0.416 e. The second-order valence-electron chi connectivity index (χ2n) is 6.50. The number of hydrogen-bond donors (Lipinski definition) is 0. The number of carbonyl (C=O) groups excluding carboxylic acids is 2. The quantitative estimate of drug-likeness (QED) is 0.778. The van der Waals surface area contributed by atoms with Crippen LogP contribution >= 0.6 is 0 Å². The molecular formula is C17H20F3NO4. The minimum Gasteiger partial charge on any atom is -0.467 e. The summed E-state index contributed by atoms with van der Waals surface area (Å²) in [4.78, 5) is 25.6. The van der Waals surface area contributed by atoms with Gasteiger partial charge in [-0.15, -0.1) is 0 Å². The lowest BCUT2D eigenvalue weighted by atomic mass is 10.0. The fourth-order valence-electron chi connectivity index (χ4n) is 2.85. The van der Waals surface area contributed by atoms with Crippen LogP contribution in [-0.4, -0.2) is 48.7 Å². The lowest BCUT2D eigenvalue weighted by molar-refractivity contribution is -0.184. The SMILES string of the molecule is COC(=O)C1CN(C(=O)Cc2ccccc2C(F)(F)F)CC(C)(C)O1. The van der Waals surface area contributed by atoms with Gasteiger partial charge in [0.05, 0.1) is 31.2 Å². The monoisotopic (exact) mass is 359 g/mol. The molecule has 1 aliphatic rings. The number of benzene rings is 1. The molecular weight excluding hydrogens is 339 g/mol. The summed E-state index contributed by atoms with van der Waals surface area (Å²) >= 11 is 0. The molecule has 1 fully saturated rings. The molecule has 138 valence electrons. The van der Waals surface area contributed by atoms with Gasteiger partial charge in [-0.05, 0) is 25.5 Å².